The summed E-state index contributed by atoms with van der Waals surface area (Å²) < 4.78 is 62.1. The van der Waals surface area contributed by atoms with Gasteiger partial charge in [0.1, 0.15) is 5.69 Å². The molecular weight excluding hydrogens is 263 g/mol. The number of aliphatic carboxylic acids is 1. The fourth-order valence-corrected chi connectivity index (χ4v) is 1.23. The second kappa shape index (κ2) is 4.75. The van der Waals surface area contributed by atoms with E-state index < -0.39 is 47.6 Å². The molecule has 0 aliphatic rings. The third-order valence-electron chi connectivity index (χ3n) is 2.01. The first kappa shape index (κ1) is 14.1. The van der Waals surface area contributed by atoms with Crippen molar-refractivity contribution in [2.24, 2.45) is 0 Å². The lowest BCUT2D eigenvalue weighted by Crippen LogP contribution is -2.15. The molecule has 0 amide bonds. The molecule has 0 aromatic carbocycles. The van der Waals surface area contributed by atoms with Crippen LogP contribution in [0.25, 0.3) is 0 Å². The number of anilines is 1. The summed E-state index contributed by atoms with van der Waals surface area (Å²) in [6, 6.07) is 0.116. The van der Waals surface area contributed by atoms with Gasteiger partial charge in [-0.25, -0.2) is 13.8 Å². The normalized spacial score (nSPS) is 11.9. The first-order valence-corrected chi connectivity index (χ1v) is 4.49. The van der Waals surface area contributed by atoms with Crippen LogP contribution in [0.5, 0.6) is 0 Å². The fraction of sp³-hybridized carbons (Fsp3) is 0.333. The largest absolute Gasteiger partial charge is 0.481 e. The summed E-state index contributed by atoms with van der Waals surface area (Å²) in [7, 11) is 0. The van der Waals surface area contributed by atoms with Crippen molar-refractivity contribution in [3.05, 3.63) is 23.0 Å². The molecular formula is C9H7F5N2O2. The molecule has 1 aromatic heterocycles. The predicted molar refractivity (Wildman–Crippen MR) is 49.9 cm³/mol. The van der Waals surface area contributed by atoms with Crippen LogP contribution in [0, 0.1) is 0 Å². The number of carboxylic acid groups (broad SMARTS) is 1. The molecule has 18 heavy (non-hydrogen) atoms. The Morgan fingerprint density at radius 1 is 1.44 bits per heavy atom. The smallest absolute Gasteiger partial charge is 0.433 e. The Morgan fingerprint density at radius 3 is 2.39 bits per heavy atom. The highest BCUT2D eigenvalue weighted by Crippen LogP contribution is 2.34. The molecule has 4 nitrogen and oxygen atoms in total. The van der Waals surface area contributed by atoms with Crippen LogP contribution >= 0.6 is 0 Å². The fourth-order valence-electron chi connectivity index (χ4n) is 1.23. The third kappa shape index (κ3) is 3.05. The molecule has 3 N–H and O–H groups in total. The lowest BCUT2D eigenvalue weighted by atomic mass is 10.1. The van der Waals surface area contributed by atoms with Gasteiger partial charge >= 0.3 is 12.1 Å². The van der Waals surface area contributed by atoms with E-state index in [0.29, 0.717) is 0 Å². The number of halogens is 5. The Morgan fingerprint density at radius 2 is 2.00 bits per heavy atom. The van der Waals surface area contributed by atoms with E-state index in [4.69, 9.17) is 10.8 Å². The van der Waals surface area contributed by atoms with Crippen LogP contribution in [0.2, 0.25) is 0 Å². The monoisotopic (exact) mass is 270 g/mol. The highest BCUT2D eigenvalue weighted by Gasteiger charge is 2.35. The van der Waals surface area contributed by atoms with Crippen LogP contribution in [0.1, 0.15) is 23.4 Å². The van der Waals surface area contributed by atoms with Crippen molar-refractivity contribution in [1.29, 1.82) is 0 Å². The van der Waals surface area contributed by atoms with Gasteiger partial charge in [-0.15, -0.1) is 0 Å². The van der Waals surface area contributed by atoms with E-state index in [0.717, 1.165) is 0 Å². The molecule has 0 unspecified atom stereocenters. The zero-order chi connectivity index (χ0) is 14.1. The van der Waals surface area contributed by atoms with Gasteiger partial charge in [-0.2, -0.15) is 13.2 Å². The van der Waals surface area contributed by atoms with Crippen molar-refractivity contribution >= 4 is 11.7 Å². The first-order valence-electron chi connectivity index (χ1n) is 4.49. The molecule has 0 radical (unpaired) electrons. The summed E-state index contributed by atoms with van der Waals surface area (Å²) in [4.78, 5) is 13.4. The number of carbonyl (C=O) groups is 1. The lowest BCUT2D eigenvalue weighted by Gasteiger charge is -2.13. The molecule has 1 aromatic rings. The minimum absolute atomic E-state index is 0.116. The van der Waals surface area contributed by atoms with Gasteiger partial charge < -0.3 is 10.8 Å². The minimum atomic E-state index is -4.95. The maximum absolute atomic E-state index is 12.5. The molecule has 0 aliphatic heterocycles. The number of pyridine rings is 1. The number of nitrogens with zero attached hydrogens (tertiary/aromatic N) is 1. The van der Waals surface area contributed by atoms with Gasteiger partial charge in [0.25, 0.3) is 6.43 Å². The van der Waals surface area contributed by atoms with Crippen molar-refractivity contribution in [3.8, 4) is 0 Å². The first-order chi connectivity index (χ1) is 8.12. The van der Waals surface area contributed by atoms with E-state index in [1.165, 1.54) is 0 Å². The van der Waals surface area contributed by atoms with E-state index in [9.17, 15) is 26.7 Å². The molecule has 1 heterocycles. The van der Waals surface area contributed by atoms with Crippen molar-refractivity contribution in [2.75, 3.05) is 5.73 Å². The Labute approximate surface area is 97.2 Å². The summed E-state index contributed by atoms with van der Waals surface area (Å²) in [5.41, 5.74) is 1.04. The summed E-state index contributed by atoms with van der Waals surface area (Å²) in [5, 5.41) is 8.45. The van der Waals surface area contributed by atoms with Crippen molar-refractivity contribution in [3.63, 3.8) is 0 Å². The van der Waals surface area contributed by atoms with Crippen molar-refractivity contribution < 1.29 is 31.9 Å². The molecule has 0 bridgehead atoms. The Kier molecular flexibility index (Phi) is 3.73. The third-order valence-corrected chi connectivity index (χ3v) is 2.01. The summed E-state index contributed by atoms with van der Waals surface area (Å²) >= 11 is 0. The number of carboxylic acids is 1. The van der Waals surface area contributed by atoms with Gasteiger partial charge in [-0.1, -0.05) is 0 Å². The van der Waals surface area contributed by atoms with E-state index in [-0.39, 0.29) is 6.07 Å². The van der Waals surface area contributed by atoms with E-state index in [1.54, 1.807) is 0 Å². The van der Waals surface area contributed by atoms with E-state index in [2.05, 4.69) is 4.98 Å². The molecule has 100 valence electrons. The molecule has 0 saturated heterocycles. The number of hydrogen-bond acceptors (Lipinski definition) is 3. The molecule has 0 saturated carbocycles. The van der Waals surface area contributed by atoms with Crippen LogP contribution < -0.4 is 5.73 Å². The summed E-state index contributed by atoms with van der Waals surface area (Å²) in [6.45, 7) is 0. The quantitative estimate of drug-likeness (QED) is 0.826. The molecule has 0 atom stereocenters. The van der Waals surface area contributed by atoms with Gasteiger partial charge in [0.2, 0.25) is 0 Å². The van der Waals surface area contributed by atoms with Crippen molar-refractivity contribution in [1.82, 2.24) is 4.98 Å². The average Bonchev–Trinajstić information content (AvgIpc) is 2.18. The predicted octanol–water partition coefficient (Wildman–Crippen LogP) is 2.25. The minimum Gasteiger partial charge on any atom is -0.481 e. The van der Waals surface area contributed by atoms with Crippen LogP contribution in [0.4, 0.5) is 27.6 Å². The Balaban J connectivity index is 3.41. The maximum atomic E-state index is 12.5. The van der Waals surface area contributed by atoms with Crippen molar-refractivity contribution in [2.45, 2.75) is 19.0 Å². The number of nitrogens with two attached hydrogens (primary N) is 1. The van der Waals surface area contributed by atoms with Crippen LogP contribution in [0.15, 0.2) is 6.07 Å². The van der Waals surface area contributed by atoms with Gasteiger partial charge in [0, 0.05) is 5.56 Å². The molecule has 0 aliphatic carbocycles. The number of alkyl halides is 5. The number of rotatable bonds is 3. The SMILES string of the molecule is Nc1c(C(F)F)cc(C(F)(F)F)nc1CC(=O)O. The maximum Gasteiger partial charge on any atom is 0.433 e. The summed E-state index contributed by atoms with van der Waals surface area (Å²) in [5.74, 6) is -1.52. The second-order valence-corrected chi connectivity index (χ2v) is 3.33. The Bertz CT molecular complexity index is 473. The van der Waals surface area contributed by atoms with Gasteiger partial charge in [-0.05, 0) is 6.07 Å². The number of hydrogen-bond donors (Lipinski definition) is 2. The zero-order valence-electron chi connectivity index (χ0n) is 8.63. The van der Waals surface area contributed by atoms with E-state index in [1.807, 2.05) is 0 Å². The van der Waals surface area contributed by atoms with Crippen LogP contribution in [-0.4, -0.2) is 16.1 Å². The average molecular weight is 270 g/mol. The topological polar surface area (TPSA) is 76.2 Å². The summed E-state index contributed by atoms with van der Waals surface area (Å²) in [6.07, 6.45) is -9.17. The molecule has 0 spiro atoms. The Hall–Kier alpha value is -1.93. The molecule has 9 heteroatoms. The zero-order valence-corrected chi connectivity index (χ0v) is 8.63. The lowest BCUT2D eigenvalue weighted by molar-refractivity contribution is -0.142. The highest BCUT2D eigenvalue weighted by molar-refractivity contribution is 5.72. The molecule has 1 rings (SSSR count). The van der Waals surface area contributed by atoms with Crippen LogP contribution in [-0.2, 0) is 17.4 Å². The van der Waals surface area contributed by atoms with Gasteiger partial charge in [0.15, 0.2) is 0 Å². The number of aromatic nitrogens is 1. The van der Waals surface area contributed by atoms with E-state index >= 15 is 0 Å². The van der Waals surface area contributed by atoms with Gasteiger partial charge in [-0.3, -0.25) is 4.79 Å². The standard InChI is InChI=1S/C9H7F5N2O2/c10-8(11)3-1-5(9(12,13)14)16-4(7(3)15)2-6(17)18/h1,8H,2,15H2,(H,17,18). The second-order valence-electron chi connectivity index (χ2n) is 3.33. The van der Waals surface area contributed by atoms with Crippen LogP contribution in [0.3, 0.4) is 0 Å². The number of nitrogen functional groups attached to an aromatic ring is 1. The molecule has 0 fully saturated rings. The highest BCUT2D eigenvalue weighted by atomic mass is 19.4. The van der Waals surface area contributed by atoms with Gasteiger partial charge in [0.05, 0.1) is 17.8 Å².